The van der Waals surface area contributed by atoms with Gasteiger partial charge in [-0.1, -0.05) is 0 Å². The summed E-state index contributed by atoms with van der Waals surface area (Å²) >= 11 is 0. The number of nitro benzene ring substituents is 1. The number of amides is 3. The minimum atomic E-state index is -0.637. The predicted molar refractivity (Wildman–Crippen MR) is 83.6 cm³/mol. The Morgan fingerprint density at radius 3 is 2.64 bits per heavy atom. The summed E-state index contributed by atoms with van der Waals surface area (Å²) in [7, 11) is 0. The highest BCUT2D eigenvalue weighted by atomic mass is 16.6. The highest BCUT2D eigenvalue weighted by molar-refractivity contribution is 6.21. The first-order chi connectivity index (χ1) is 12.0. The smallest absolute Gasteiger partial charge is 0.270 e. The average Bonchev–Trinajstić information content (AvgIpc) is 3.19. The van der Waals surface area contributed by atoms with Crippen molar-refractivity contribution in [3.8, 4) is 0 Å². The monoisotopic (exact) mass is 343 g/mol. The van der Waals surface area contributed by atoms with Crippen molar-refractivity contribution < 1.29 is 23.7 Å². The first-order valence-corrected chi connectivity index (χ1v) is 7.41. The van der Waals surface area contributed by atoms with Gasteiger partial charge in [-0.05, 0) is 18.2 Å². The van der Waals surface area contributed by atoms with E-state index in [9.17, 15) is 24.5 Å². The fourth-order valence-corrected chi connectivity index (χ4v) is 2.50. The number of carbonyl (C=O) groups excluding carboxylic acids is 3. The van der Waals surface area contributed by atoms with Crippen LogP contribution in [-0.2, 0) is 11.3 Å². The van der Waals surface area contributed by atoms with Crippen LogP contribution in [0.1, 0.15) is 32.9 Å². The molecule has 0 unspecified atom stereocenters. The molecule has 1 N–H and O–H groups in total. The lowest BCUT2D eigenvalue weighted by molar-refractivity contribution is -0.384. The maximum atomic E-state index is 12.3. The summed E-state index contributed by atoms with van der Waals surface area (Å²) in [5.41, 5.74) is -0.181. The van der Waals surface area contributed by atoms with E-state index >= 15 is 0 Å². The van der Waals surface area contributed by atoms with E-state index in [2.05, 4.69) is 5.32 Å². The number of nitrogens with one attached hydrogen (secondary N) is 1. The molecule has 3 amide bonds. The van der Waals surface area contributed by atoms with Crippen LogP contribution in [0.15, 0.2) is 41.0 Å². The molecule has 1 aliphatic rings. The van der Waals surface area contributed by atoms with Crippen molar-refractivity contribution in [2.45, 2.75) is 13.0 Å². The molecule has 0 saturated carbocycles. The van der Waals surface area contributed by atoms with Gasteiger partial charge in [0.15, 0.2) is 0 Å². The van der Waals surface area contributed by atoms with Gasteiger partial charge in [-0.3, -0.25) is 29.4 Å². The van der Waals surface area contributed by atoms with Crippen molar-refractivity contribution in [2.75, 3.05) is 6.54 Å². The summed E-state index contributed by atoms with van der Waals surface area (Å²) in [6.07, 6.45) is 1.41. The quantitative estimate of drug-likeness (QED) is 0.481. The van der Waals surface area contributed by atoms with Crippen LogP contribution < -0.4 is 5.32 Å². The Hall–Kier alpha value is -3.49. The third-order valence-corrected chi connectivity index (χ3v) is 3.77. The molecule has 1 aromatic carbocycles. The molecule has 3 rings (SSSR count). The molecule has 128 valence electrons. The Morgan fingerprint density at radius 2 is 1.96 bits per heavy atom. The zero-order valence-corrected chi connectivity index (χ0v) is 12.9. The zero-order chi connectivity index (χ0) is 18.0. The van der Waals surface area contributed by atoms with E-state index in [4.69, 9.17) is 4.42 Å². The number of furan rings is 1. The molecule has 2 heterocycles. The van der Waals surface area contributed by atoms with Crippen LogP contribution in [-0.4, -0.2) is 34.1 Å². The summed E-state index contributed by atoms with van der Waals surface area (Å²) in [5.74, 6) is -0.961. The van der Waals surface area contributed by atoms with Crippen molar-refractivity contribution in [2.24, 2.45) is 0 Å². The second-order valence-electron chi connectivity index (χ2n) is 5.36. The summed E-state index contributed by atoms with van der Waals surface area (Å²) in [5, 5.41) is 13.4. The third kappa shape index (κ3) is 3.25. The maximum absolute atomic E-state index is 12.3. The second-order valence-corrected chi connectivity index (χ2v) is 5.36. The summed E-state index contributed by atoms with van der Waals surface area (Å²) < 4.78 is 5.08. The largest absolute Gasteiger partial charge is 0.467 e. The number of carbonyl (C=O) groups is 3. The number of imide groups is 1. The lowest BCUT2D eigenvalue weighted by Crippen LogP contribution is -2.34. The molecular weight excluding hydrogens is 330 g/mol. The van der Waals surface area contributed by atoms with Crippen LogP contribution in [0.5, 0.6) is 0 Å². The van der Waals surface area contributed by atoms with Gasteiger partial charge in [0.1, 0.15) is 5.76 Å². The molecular formula is C16H13N3O6. The van der Waals surface area contributed by atoms with Gasteiger partial charge in [0.25, 0.3) is 17.5 Å². The Kier molecular flexibility index (Phi) is 4.29. The number of benzene rings is 1. The van der Waals surface area contributed by atoms with Crippen LogP contribution in [0.3, 0.4) is 0 Å². The predicted octanol–water partition coefficient (Wildman–Crippen LogP) is 1.49. The van der Waals surface area contributed by atoms with E-state index in [1.54, 1.807) is 12.1 Å². The highest BCUT2D eigenvalue weighted by Gasteiger charge is 2.36. The van der Waals surface area contributed by atoms with E-state index in [0.29, 0.717) is 5.76 Å². The van der Waals surface area contributed by atoms with Gasteiger partial charge in [0, 0.05) is 25.1 Å². The molecule has 0 aliphatic carbocycles. The first kappa shape index (κ1) is 16.4. The average molecular weight is 343 g/mol. The Bertz CT molecular complexity index is 859. The van der Waals surface area contributed by atoms with Crippen LogP contribution in [0, 0.1) is 10.1 Å². The fraction of sp³-hybridized carbons (Fsp3) is 0.188. The third-order valence-electron chi connectivity index (χ3n) is 3.77. The standard InChI is InChI=1S/C16H13N3O6/c20-14(17-9-11-2-1-7-25-11)5-6-18-15(21)12-4-3-10(19(23)24)8-13(12)16(18)22/h1-4,7-8H,5-6,9H2,(H,17,20). The second kappa shape index (κ2) is 6.56. The molecule has 25 heavy (non-hydrogen) atoms. The normalized spacial score (nSPS) is 13.0. The van der Waals surface area contributed by atoms with Gasteiger partial charge < -0.3 is 9.73 Å². The van der Waals surface area contributed by atoms with Crippen molar-refractivity contribution >= 4 is 23.4 Å². The van der Waals surface area contributed by atoms with Gasteiger partial charge in [-0.2, -0.15) is 0 Å². The van der Waals surface area contributed by atoms with E-state index in [0.717, 1.165) is 11.0 Å². The van der Waals surface area contributed by atoms with Gasteiger partial charge in [0.05, 0.1) is 28.9 Å². The number of hydrogen-bond acceptors (Lipinski definition) is 6. The SMILES string of the molecule is O=C(CCN1C(=O)c2ccc([N+](=O)[O-])cc2C1=O)NCc1ccco1. The molecule has 2 aromatic rings. The van der Waals surface area contributed by atoms with Crippen LogP contribution >= 0.6 is 0 Å². The first-order valence-electron chi connectivity index (χ1n) is 7.41. The summed E-state index contributed by atoms with van der Waals surface area (Å²) in [6.45, 7) is 0.101. The van der Waals surface area contributed by atoms with Crippen LogP contribution in [0.25, 0.3) is 0 Å². The highest BCUT2D eigenvalue weighted by Crippen LogP contribution is 2.26. The molecule has 0 saturated heterocycles. The van der Waals surface area contributed by atoms with E-state index in [1.807, 2.05) is 0 Å². The van der Waals surface area contributed by atoms with E-state index in [-0.39, 0.29) is 42.2 Å². The number of non-ortho nitro benzene ring substituents is 1. The van der Waals surface area contributed by atoms with Gasteiger partial charge in [-0.25, -0.2) is 0 Å². The van der Waals surface area contributed by atoms with E-state index < -0.39 is 16.7 Å². The van der Waals surface area contributed by atoms with Crippen molar-refractivity contribution in [3.63, 3.8) is 0 Å². The Balaban J connectivity index is 1.61. The summed E-state index contributed by atoms with van der Waals surface area (Å²) in [6, 6.07) is 6.90. The lowest BCUT2D eigenvalue weighted by Gasteiger charge is -2.13. The number of fused-ring (bicyclic) bond motifs is 1. The van der Waals surface area contributed by atoms with Crippen molar-refractivity contribution in [3.05, 3.63) is 63.6 Å². The topological polar surface area (TPSA) is 123 Å². The molecule has 0 bridgehead atoms. The van der Waals surface area contributed by atoms with Gasteiger partial charge in [0.2, 0.25) is 5.91 Å². The molecule has 0 fully saturated rings. The maximum Gasteiger partial charge on any atom is 0.270 e. The molecule has 0 radical (unpaired) electrons. The van der Waals surface area contributed by atoms with Crippen LogP contribution in [0.2, 0.25) is 0 Å². The molecule has 9 nitrogen and oxygen atoms in total. The number of nitrogens with zero attached hydrogens (tertiary/aromatic N) is 2. The van der Waals surface area contributed by atoms with Gasteiger partial charge in [-0.15, -0.1) is 0 Å². The molecule has 1 aromatic heterocycles. The molecule has 9 heteroatoms. The number of nitro groups is 1. The molecule has 0 spiro atoms. The Morgan fingerprint density at radius 1 is 1.20 bits per heavy atom. The zero-order valence-electron chi connectivity index (χ0n) is 12.9. The minimum Gasteiger partial charge on any atom is -0.467 e. The minimum absolute atomic E-state index is 0.0183. The van der Waals surface area contributed by atoms with Gasteiger partial charge >= 0.3 is 0 Å². The number of hydrogen-bond donors (Lipinski definition) is 1. The van der Waals surface area contributed by atoms with Crippen LogP contribution in [0.4, 0.5) is 5.69 Å². The number of rotatable bonds is 6. The van der Waals surface area contributed by atoms with Crippen molar-refractivity contribution in [1.82, 2.24) is 10.2 Å². The van der Waals surface area contributed by atoms with Crippen molar-refractivity contribution in [1.29, 1.82) is 0 Å². The lowest BCUT2D eigenvalue weighted by atomic mass is 10.1. The summed E-state index contributed by atoms with van der Waals surface area (Å²) in [4.78, 5) is 47.4. The molecule has 0 atom stereocenters. The molecule has 1 aliphatic heterocycles. The fourth-order valence-electron chi connectivity index (χ4n) is 2.50. The Labute approximate surface area is 141 Å². The van der Waals surface area contributed by atoms with E-state index in [1.165, 1.54) is 18.4 Å².